The Hall–Kier alpha value is -1.06. The number of ether oxygens (including phenoxy) is 1. The smallest absolute Gasteiger partial charge is 0.306 e. The van der Waals surface area contributed by atoms with Gasteiger partial charge in [-0.2, -0.15) is 0 Å². The van der Waals surface area contributed by atoms with E-state index in [4.69, 9.17) is 9.84 Å². The number of carbonyl (C=O) groups excluding carboxylic acids is 1. The van der Waals surface area contributed by atoms with Gasteiger partial charge in [-0.05, 0) is 49.9 Å². The van der Waals surface area contributed by atoms with Crippen molar-refractivity contribution in [2.24, 2.45) is 17.8 Å². The molecule has 1 N–H and O–H groups in total. The fourth-order valence-corrected chi connectivity index (χ4v) is 3.81. The zero-order valence-corrected chi connectivity index (χ0v) is 14.6. The molecule has 0 spiro atoms. The van der Waals surface area contributed by atoms with Crippen molar-refractivity contribution < 1.29 is 19.4 Å². The van der Waals surface area contributed by atoms with Crippen molar-refractivity contribution in [3.05, 3.63) is 0 Å². The number of rotatable bonds is 8. The van der Waals surface area contributed by atoms with E-state index in [1.807, 2.05) is 0 Å². The van der Waals surface area contributed by atoms with Crippen molar-refractivity contribution in [2.75, 3.05) is 0 Å². The summed E-state index contributed by atoms with van der Waals surface area (Å²) in [6.45, 7) is 8.74. The van der Waals surface area contributed by atoms with Gasteiger partial charge in [-0.3, -0.25) is 9.59 Å². The molecule has 0 heterocycles. The van der Waals surface area contributed by atoms with E-state index in [1.165, 1.54) is 6.42 Å². The maximum absolute atomic E-state index is 12.1. The maximum Gasteiger partial charge on any atom is 0.306 e. The van der Waals surface area contributed by atoms with Crippen LogP contribution in [0.4, 0.5) is 0 Å². The van der Waals surface area contributed by atoms with Crippen LogP contribution in [0.1, 0.15) is 79.1 Å². The van der Waals surface area contributed by atoms with Crippen LogP contribution in [0.15, 0.2) is 0 Å². The highest BCUT2D eigenvalue weighted by Crippen LogP contribution is 2.44. The average Bonchev–Trinajstić information content (AvgIpc) is 2.38. The van der Waals surface area contributed by atoms with Crippen LogP contribution in [0.3, 0.4) is 0 Å². The molecule has 0 aromatic heterocycles. The monoisotopic (exact) mass is 312 g/mol. The van der Waals surface area contributed by atoms with Crippen molar-refractivity contribution in [1.82, 2.24) is 0 Å². The summed E-state index contributed by atoms with van der Waals surface area (Å²) in [4.78, 5) is 22.8. The van der Waals surface area contributed by atoms with E-state index in [0.29, 0.717) is 17.8 Å². The lowest BCUT2D eigenvalue weighted by Crippen LogP contribution is -2.46. The van der Waals surface area contributed by atoms with E-state index >= 15 is 0 Å². The number of esters is 1. The van der Waals surface area contributed by atoms with Crippen LogP contribution in [0.25, 0.3) is 0 Å². The molecule has 2 atom stereocenters. The van der Waals surface area contributed by atoms with Gasteiger partial charge in [-0.1, -0.05) is 34.1 Å². The Morgan fingerprint density at radius 1 is 1.14 bits per heavy atom. The largest absolute Gasteiger partial charge is 0.481 e. The molecular formula is C18H32O4. The highest BCUT2D eigenvalue weighted by molar-refractivity contribution is 5.76. The first-order valence-electron chi connectivity index (χ1n) is 8.69. The van der Waals surface area contributed by atoms with Gasteiger partial charge in [0, 0.05) is 0 Å². The summed E-state index contributed by atoms with van der Waals surface area (Å²) in [5.74, 6) is 0.140. The van der Waals surface area contributed by atoms with Gasteiger partial charge in [-0.25, -0.2) is 0 Å². The number of carboxylic acids is 1. The summed E-state index contributed by atoms with van der Waals surface area (Å²) in [5.41, 5.74) is -0.383. The van der Waals surface area contributed by atoms with Crippen molar-refractivity contribution in [3.63, 3.8) is 0 Å². The third-order valence-electron chi connectivity index (χ3n) is 4.52. The first-order valence-corrected chi connectivity index (χ1v) is 8.69. The van der Waals surface area contributed by atoms with Crippen LogP contribution < -0.4 is 0 Å². The average molecular weight is 312 g/mol. The van der Waals surface area contributed by atoms with Gasteiger partial charge in [0.15, 0.2) is 0 Å². The SMILES string of the molecule is CC(C)CC1CCCCC1(CC(C)C)OC(=O)CCC(=O)O. The van der Waals surface area contributed by atoms with Gasteiger partial charge in [-0.15, -0.1) is 0 Å². The number of hydrogen-bond donors (Lipinski definition) is 1. The molecule has 0 radical (unpaired) electrons. The Kier molecular flexibility index (Phi) is 7.37. The second kappa shape index (κ2) is 8.54. The Labute approximate surface area is 134 Å². The van der Waals surface area contributed by atoms with Crippen molar-refractivity contribution in [1.29, 1.82) is 0 Å². The van der Waals surface area contributed by atoms with E-state index in [2.05, 4.69) is 27.7 Å². The number of carboxylic acid groups (broad SMARTS) is 1. The molecule has 128 valence electrons. The predicted octanol–water partition coefficient (Wildman–Crippen LogP) is 4.42. The van der Waals surface area contributed by atoms with E-state index in [0.717, 1.165) is 32.1 Å². The lowest BCUT2D eigenvalue weighted by molar-refractivity contribution is -0.176. The Bertz CT molecular complexity index is 375. The van der Waals surface area contributed by atoms with Gasteiger partial charge in [0.1, 0.15) is 5.60 Å². The summed E-state index contributed by atoms with van der Waals surface area (Å²) >= 11 is 0. The fourth-order valence-electron chi connectivity index (χ4n) is 3.81. The normalized spacial score (nSPS) is 25.5. The summed E-state index contributed by atoms with van der Waals surface area (Å²) < 4.78 is 5.95. The van der Waals surface area contributed by atoms with Crippen LogP contribution >= 0.6 is 0 Å². The Balaban J connectivity index is 2.85. The lowest BCUT2D eigenvalue weighted by atomic mass is 9.68. The summed E-state index contributed by atoms with van der Waals surface area (Å²) in [6, 6.07) is 0. The summed E-state index contributed by atoms with van der Waals surface area (Å²) in [5, 5.41) is 8.74. The minimum Gasteiger partial charge on any atom is -0.481 e. The molecule has 22 heavy (non-hydrogen) atoms. The van der Waals surface area contributed by atoms with E-state index in [-0.39, 0.29) is 24.4 Å². The maximum atomic E-state index is 12.1. The van der Waals surface area contributed by atoms with E-state index in [1.54, 1.807) is 0 Å². The molecule has 1 aliphatic rings. The molecule has 0 amide bonds. The molecule has 1 fully saturated rings. The highest BCUT2D eigenvalue weighted by Gasteiger charge is 2.44. The zero-order valence-electron chi connectivity index (χ0n) is 14.6. The standard InChI is InChI=1S/C18H32O4/c1-13(2)11-15-7-5-6-10-18(15,12-14(3)4)22-17(21)9-8-16(19)20/h13-15H,5-12H2,1-4H3,(H,19,20). The van der Waals surface area contributed by atoms with E-state index < -0.39 is 5.97 Å². The molecule has 1 rings (SSSR count). The van der Waals surface area contributed by atoms with Crippen molar-refractivity contribution in [3.8, 4) is 0 Å². The van der Waals surface area contributed by atoms with Crippen LogP contribution in [0.2, 0.25) is 0 Å². The lowest BCUT2D eigenvalue weighted by Gasteiger charge is -2.45. The third kappa shape index (κ3) is 5.98. The number of carbonyl (C=O) groups is 2. The third-order valence-corrected chi connectivity index (χ3v) is 4.52. The van der Waals surface area contributed by atoms with Crippen molar-refractivity contribution in [2.45, 2.75) is 84.7 Å². The topological polar surface area (TPSA) is 63.6 Å². The predicted molar refractivity (Wildman–Crippen MR) is 86.6 cm³/mol. The summed E-state index contributed by atoms with van der Waals surface area (Å²) in [7, 11) is 0. The molecule has 2 unspecified atom stereocenters. The van der Waals surface area contributed by atoms with Gasteiger partial charge in [0.25, 0.3) is 0 Å². The van der Waals surface area contributed by atoms with Gasteiger partial charge in [0.2, 0.25) is 0 Å². The van der Waals surface area contributed by atoms with Crippen LogP contribution in [0.5, 0.6) is 0 Å². The Morgan fingerprint density at radius 3 is 2.36 bits per heavy atom. The van der Waals surface area contributed by atoms with Gasteiger partial charge < -0.3 is 9.84 Å². The molecule has 0 bridgehead atoms. The molecule has 0 aromatic carbocycles. The second-order valence-corrected chi connectivity index (χ2v) is 7.60. The number of hydrogen-bond acceptors (Lipinski definition) is 3. The molecule has 1 saturated carbocycles. The molecule has 4 heteroatoms. The first kappa shape index (κ1) is 19.0. The molecule has 0 aliphatic heterocycles. The molecular weight excluding hydrogens is 280 g/mol. The molecule has 1 aliphatic carbocycles. The minimum atomic E-state index is -0.947. The van der Waals surface area contributed by atoms with E-state index in [9.17, 15) is 9.59 Å². The molecule has 0 saturated heterocycles. The van der Waals surface area contributed by atoms with Crippen molar-refractivity contribution >= 4 is 11.9 Å². The zero-order chi connectivity index (χ0) is 16.8. The first-order chi connectivity index (χ1) is 10.2. The van der Waals surface area contributed by atoms with Crippen LogP contribution in [-0.2, 0) is 14.3 Å². The van der Waals surface area contributed by atoms with Gasteiger partial charge >= 0.3 is 11.9 Å². The van der Waals surface area contributed by atoms with Crippen LogP contribution in [0, 0.1) is 17.8 Å². The molecule has 0 aromatic rings. The second-order valence-electron chi connectivity index (χ2n) is 7.60. The molecule has 4 nitrogen and oxygen atoms in total. The number of aliphatic carboxylic acids is 1. The van der Waals surface area contributed by atoms with Crippen LogP contribution in [-0.4, -0.2) is 22.6 Å². The summed E-state index contributed by atoms with van der Waals surface area (Å²) in [6.07, 6.45) is 6.09. The van der Waals surface area contributed by atoms with Gasteiger partial charge in [0.05, 0.1) is 12.8 Å². The Morgan fingerprint density at radius 2 is 1.82 bits per heavy atom. The fraction of sp³-hybridized carbons (Fsp3) is 0.889. The highest BCUT2D eigenvalue weighted by atomic mass is 16.6. The minimum absolute atomic E-state index is 0.0242. The quantitative estimate of drug-likeness (QED) is 0.674.